The van der Waals surface area contributed by atoms with Gasteiger partial charge in [0, 0.05) is 38.4 Å². The van der Waals surface area contributed by atoms with E-state index >= 15 is 0 Å². The number of likely N-dealkylation sites (N-methyl/N-ethyl adjacent to an activating group) is 1. The predicted molar refractivity (Wildman–Crippen MR) is 68.9 cm³/mol. The van der Waals surface area contributed by atoms with Gasteiger partial charge in [-0.25, -0.2) is 8.42 Å². The molecule has 0 N–H and O–H groups in total. The van der Waals surface area contributed by atoms with Gasteiger partial charge in [0.05, 0.1) is 6.20 Å². The van der Waals surface area contributed by atoms with E-state index in [1.54, 1.807) is 10.9 Å². The van der Waals surface area contributed by atoms with Crippen LogP contribution >= 0.6 is 0 Å². The molecular weight excluding hydrogens is 252 g/mol. The molecule has 2 rings (SSSR count). The van der Waals surface area contributed by atoms with Crippen LogP contribution in [-0.4, -0.2) is 60.6 Å². The number of hydrogen-bond acceptors (Lipinski definition) is 4. The quantitative estimate of drug-likeness (QED) is 0.799. The van der Waals surface area contributed by atoms with Gasteiger partial charge < -0.3 is 4.90 Å². The highest BCUT2D eigenvalue weighted by Crippen LogP contribution is 2.17. The molecule has 1 saturated heterocycles. The zero-order chi connectivity index (χ0) is 13.3. The van der Waals surface area contributed by atoms with Crippen molar-refractivity contribution >= 4 is 10.0 Å². The van der Waals surface area contributed by atoms with Crippen molar-refractivity contribution in [2.75, 3.05) is 33.2 Å². The monoisotopic (exact) mass is 272 g/mol. The fourth-order valence-corrected chi connectivity index (χ4v) is 3.28. The molecule has 2 heterocycles. The molecule has 0 unspecified atom stereocenters. The number of rotatable bonds is 3. The van der Waals surface area contributed by atoms with Crippen molar-refractivity contribution in [1.29, 1.82) is 0 Å². The Labute approximate surface area is 108 Å². The zero-order valence-corrected chi connectivity index (χ0v) is 11.9. The number of nitrogens with zero attached hydrogens (tertiary/aromatic N) is 4. The molecular formula is C11H20N4O2S. The molecule has 0 aliphatic carbocycles. The minimum absolute atomic E-state index is 0.168. The summed E-state index contributed by atoms with van der Waals surface area (Å²) >= 11 is 0. The molecule has 1 aromatic rings. The van der Waals surface area contributed by atoms with Gasteiger partial charge in [-0.3, -0.25) is 4.68 Å². The Morgan fingerprint density at radius 1 is 1.22 bits per heavy atom. The minimum atomic E-state index is -3.37. The van der Waals surface area contributed by atoms with Crippen molar-refractivity contribution in [3.8, 4) is 0 Å². The maximum atomic E-state index is 12.4. The first-order chi connectivity index (χ1) is 8.41. The second-order valence-corrected chi connectivity index (χ2v) is 6.90. The first-order valence-corrected chi connectivity index (χ1v) is 7.58. The maximum absolute atomic E-state index is 12.4. The SMILES string of the molecule is CC(C)n1cc(S(=O)(=O)N2CCN(C)CC2)cn1. The molecule has 7 heteroatoms. The van der Waals surface area contributed by atoms with Gasteiger partial charge in [0.2, 0.25) is 10.0 Å². The Morgan fingerprint density at radius 2 is 1.83 bits per heavy atom. The number of sulfonamides is 1. The summed E-state index contributed by atoms with van der Waals surface area (Å²) in [5.74, 6) is 0. The van der Waals surface area contributed by atoms with Gasteiger partial charge in [-0.1, -0.05) is 0 Å². The van der Waals surface area contributed by atoms with Crippen molar-refractivity contribution in [3.63, 3.8) is 0 Å². The summed E-state index contributed by atoms with van der Waals surface area (Å²) in [6, 6.07) is 0.168. The van der Waals surface area contributed by atoms with E-state index in [4.69, 9.17) is 0 Å². The molecule has 0 spiro atoms. The van der Waals surface area contributed by atoms with Crippen LogP contribution < -0.4 is 0 Å². The van der Waals surface area contributed by atoms with Crippen LogP contribution in [0.1, 0.15) is 19.9 Å². The summed E-state index contributed by atoms with van der Waals surface area (Å²) in [5, 5.41) is 4.09. The van der Waals surface area contributed by atoms with Crippen molar-refractivity contribution in [2.24, 2.45) is 0 Å². The Balaban J connectivity index is 2.19. The standard InChI is InChI=1S/C11H20N4O2S/c1-10(2)15-9-11(8-12-15)18(16,17)14-6-4-13(3)5-7-14/h8-10H,4-7H2,1-3H3. The van der Waals surface area contributed by atoms with E-state index in [0.717, 1.165) is 13.1 Å². The number of aromatic nitrogens is 2. The zero-order valence-electron chi connectivity index (χ0n) is 11.1. The van der Waals surface area contributed by atoms with Crippen molar-refractivity contribution in [1.82, 2.24) is 19.0 Å². The lowest BCUT2D eigenvalue weighted by molar-refractivity contribution is 0.222. The third kappa shape index (κ3) is 2.57. The first-order valence-electron chi connectivity index (χ1n) is 6.14. The van der Waals surface area contributed by atoms with E-state index in [1.165, 1.54) is 10.5 Å². The van der Waals surface area contributed by atoms with Crippen molar-refractivity contribution in [3.05, 3.63) is 12.4 Å². The van der Waals surface area contributed by atoms with E-state index in [2.05, 4.69) is 10.00 Å². The third-order valence-corrected chi connectivity index (χ3v) is 5.06. The second-order valence-electron chi connectivity index (χ2n) is 4.96. The fourth-order valence-electron chi connectivity index (χ4n) is 1.91. The van der Waals surface area contributed by atoms with Gasteiger partial charge in [0.15, 0.2) is 0 Å². The Kier molecular flexibility index (Phi) is 3.74. The average Bonchev–Trinajstić information content (AvgIpc) is 2.79. The highest BCUT2D eigenvalue weighted by atomic mass is 32.2. The summed E-state index contributed by atoms with van der Waals surface area (Å²) < 4.78 is 28.0. The van der Waals surface area contributed by atoms with Crippen LogP contribution in [0.5, 0.6) is 0 Å². The normalized spacial score (nSPS) is 19.6. The largest absolute Gasteiger partial charge is 0.304 e. The smallest absolute Gasteiger partial charge is 0.246 e. The maximum Gasteiger partial charge on any atom is 0.246 e. The highest BCUT2D eigenvalue weighted by Gasteiger charge is 2.28. The summed E-state index contributed by atoms with van der Waals surface area (Å²) in [4.78, 5) is 2.42. The van der Waals surface area contributed by atoms with Gasteiger partial charge >= 0.3 is 0 Å². The molecule has 1 aliphatic heterocycles. The molecule has 0 radical (unpaired) electrons. The highest BCUT2D eigenvalue weighted by molar-refractivity contribution is 7.89. The third-order valence-electron chi connectivity index (χ3n) is 3.21. The summed E-state index contributed by atoms with van der Waals surface area (Å²) in [7, 11) is -1.37. The van der Waals surface area contributed by atoms with Crippen molar-refractivity contribution in [2.45, 2.75) is 24.8 Å². The predicted octanol–water partition coefficient (Wildman–Crippen LogP) is 0.400. The molecule has 18 heavy (non-hydrogen) atoms. The van der Waals surface area contributed by atoms with Gasteiger partial charge in [0.1, 0.15) is 4.90 Å². The van der Waals surface area contributed by atoms with Crippen LogP contribution in [0.15, 0.2) is 17.3 Å². The summed E-state index contributed by atoms with van der Waals surface area (Å²) in [6.07, 6.45) is 3.05. The molecule has 102 valence electrons. The molecule has 0 aromatic carbocycles. The van der Waals surface area contributed by atoms with E-state index in [1.807, 2.05) is 20.9 Å². The number of piperazine rings is 1. The van der Waals surface area contributed by atoms with Crippen LogP contribution in [0.25, 0.3) is 0 Å². The molecule has 0 bridgehead atoms. The Morgan fingerprint density at radius 3 is 2.33 bits per heavy atom. The molecule has 1 fully saturated rings. The lowest BCUT2D eigenvalue weighted by Crippen LogP contribution is -2.46. The number of hydrogen-bond donors (Lipinski definition) is 0. The van der Waals surface area contributed by atoms with E-state index in [0.29, 0.717) is 18.0 Å². The Bertz CT molecular complexity index is 501. The average molecular weight is 272 g/mol. The molecule has 6 nitrogen and oxygen atoms in total. The topological polar surface area (TPSA) is 58.4 Å². The van der Waals surface area contributed by atoms with Gasteiger partial charge in [-0.2, -0.15) is 9.40 Å². The molecule has 0 atom stereocenters. The summed E-state index contributed by atoms with van der Waals surface area (Å²) in [6.45, 7) is 6.59. The van der Waals surface area contributed by atoms with Gasteiger partial charge in [-0.05, 0) is 20.9 Å². The van der Waals surface area contributed by atoms with Crippen LogP contribution in [0.3, 0.4) is 0 Å². The first kappa shape index (κ1) is 13.5. The lowest BCUT2D eigenvalue weighted by atomic mass is 10.4. The van der Waals surface area contributed by atoms with E-state index < -0.39 is 10.0 Å². The molecule has 1 aromatic heterocycles. The van der Waals surface area contributed by atoms with E-state index in [9.17, 15) is 8.42 Å². The fraction of sp³-hybridized carbons (Fsp3) is 0.727. The lowest BCUT2D eigenvalue weighted by Gasteiger charge is -2.31. The van der Waals surface area contributed by atoms with E-state index in [-0.39, 0.29) is 6.04 Å². The molecule has 0 amide bonds. The van der Waals surface area contributed by atoms with Gasteiger partial charge in [0.25, 0.3) is 0 Å². The molecule has 0 saturated carbocycles. The Hall–Kier alpha value is -0.920. The van der Waals surface area contributed by atoms with Crippen LogP contribution in [0.2, 0.25) is 0 Å². The van der Waals surface area contributed by atoms with Crippen LogP contribution in [0.4, 0.5) is 0 Å². The minimum Gasteiger partial charge on any atom is -0.304 e. The van der Waals surface area contributed by atoms with Crippen molar-refractivity contribution < 1.29 is 8.42 Å². The second kappa shape index (κ2) is 4.99. The molecule has 1 aliphatic rings. The summed E-state index contributed by atoms with van der Waals surface area (Å²) in [5.41, 5.74) is 0. The van der Waals surface area contributed by atoms with Crippen LogP contribution in [0, 0.1) is 0 Å². The van der Waals surface area contributed by atoms with Crippen LogP contribution in [-0.2, 0) is 10.0 Å². The van der Waals surface area contributed by atoms with Gasteiger partial charge in [-0.15, -0.1) is 0 Å².